The van der Waals surface area contributed by atoms with Gasteiger partial charge >= 0.3 is 5.69 Å². The number of aromatic amines is 1. The van der Waals surface area contributed by atoms with Gasteiger partial charge in [0.05, 0.1) is 0 Å². The van der Waals surface area contributed by atoms with Gasteiger partial charge in [-0.05, 0) is 45.7 Å². The van der Waals surface area contributed by atoms with Gasteiger partial charge in [0.15, 0.2) is 0 Å². The normalized spacial score (nSPS) is 25.0. The molecule has 1 aromatic rings. The van der Waals surface area contributed by atoms with Crippen LogP contribution in [0.15, 0.2) is 15.8 Å². The molecule has 3 rings (SSSR count). The fourth-order valence-corrected chi connectivity index (χ4v) is 3.60. The molecule has 7 nitrogen and oxygen atoms in total. The lowest BCUT2D eigenvalue weighted by Crippen LogP contribution is -2.53. The lowest BCUT2D eigenvalue weighted by molar-refractivity contribution is -0.123. The van der Waals surface area contributed by atoms with Crippen molar-refractivity contribution < 1.29 is 4.79 Å². The van der Waals surface area contributed by atoms with Crippen molar-refractivity contribution in [3.63, 3.8) is 0 Å². The summed E-state index contributed by atoms with van der Waals surface area (Å²) in [5.41, 5.74) is -0.528. The average molecular weight is 306 g/mol. The van der Waals surface area contributed by atoms with Gasteiger partial charge in [-0.2, -0.15) is 0 Å². The number of piperidine rings is 1. The smallest absolute Gasteiger partial charge is 0.328 e. The number of amides is 1. The molecular formula is C15H22N4O3. The topological polar surface area (TPSA) is 87.2 Å². The molecule has 0 radical (unpaired) electrons. The van der Waals surface area contributed by atoms with Crippen LogP contribution in [0.2, 0.25) is 0 Å². The van der Waals surface area contributed by atoms with E-state index in [1.165, 1.54) is 17.2 Å². The van der Waals surface area contributed by atoms with Crippen LogP contribution in [0.1, 0.15) is 31.2 Å². The Morgan fingerprint density at radius 1 is 1.32 bits per heavy atom. The van der Waals surface area contributed by atoms with Crippen LogP contribution in [0.3, 0.4) is 0 Å². The fourth-order valence-electron chi connectivity index (χ4n) is 3.60. The van der Waals surface area contributed by atoms with E-state index in [1.54, 1.807) is 6.92 Å². The first kappa shape index (κ1) is 15.0. The van der Waals surface area contributed by atoms with Gasteiger partial charge in [0, 0.05) is 23.8 Å². The number of fused-ring (bicyclic) bond motifs is 1. The molecule has 0 aromatic carbocycles. The number of rotatable bonds is 3. The van der Waals surface area contributed by atoms with Gasteiger partial charge in [-0.15, -0.1) is 0 Å². The van der Waals surface area contributed by atoms with Crippen LogP contribution in [0.5, 0.6) is 0 Å². The Bertz CT molecular complexity index is 678. The predicted octanol–water partition coefficient (Wildman–Crippen LogP) is -0.412. The fraction of sp³-hybridized carbons (Fsp3) is 0.667. The third-order valence-corrected chi connectivity index (χ3v) is 4.69. The second-order valence-electron chi connectivity index (χ2n) is 6.26. The highest BCUT2D eigenvalue weighted by Gasteiger charge is 2.35. The Kier molecular flexibility index (Phi) is 4.15. The van der Waals surface area contributed by atoms with Crippen LogP contribution in [0.25, 0.3) is 0 Å². The van der Waals surface area contributed by atoms with Gasteiger partial charge < -0.3 is 5.32 Å². The number of nitrogens with zero attached hydrogens (tertiary/aromatic N) is 2. The first-order valence-corrected chi connectivity index (χ1v) is 7.88. The summed E-state index contributed by atoms with van der Waals surface area (Å²) in [6.07, 6.45) is 5.84. The molecule has 2 fully saturated rings. The van der Waals surface area contributed by atoms with Crippen molar-refractivity contribution in [1.82, 2.24) is 19.8 Å². The van der Waals surface area contributed by atoms with E-state index in [4.69, 9.17) is 0 Å². The molecule has 2 N–H and O–H groups in total. The third-order valence-electron chi connectivity index (χ3n) is 4.69. The molecule has 7 heteroatoms. The van der Waals surface area contributed by atoms with Gasteiger partial charge in [-0.25, -0.2) is 4.79 Å². The highest BCUT2D eigenvalue weighted by molar-refractivity contribution is 5.76. The molecule has 0 unspecified atom stereocenters. The summed E-state index contributed by atoms with van der Waals surface area (Å²) in [5, 5.41) is 3.07. The first-order chi connectivity index (χ1) is 10.5. The Morgan fingerprint density at radius 3 is 2.82 bits per heavy atom. The van der Waals surface area contributed by atoms with Crippen molar-refractivity contribution in [3.05, 3.63) is 32.6 Å². The number of nitrogens with one attached hydrogen (secondary N) is 2. The van der Waals surface area contributed by atoms with Crippen molar-refractivity contribution in [3.8, 4) is 0 Å². The minimum absolute atomic E-state index is 0.0559. The maximum absolute atomic E-state index is 12.2. The molecule has 0 spiro atoms. The minimum Gasteiger partial charge on any atom is -0.350 e. The van der Waals surface area contributed by atoms with Gasteiger partial charge in [0.2, 0.25) is 5.91 Å². The average Bonchev–Trinajstić information content (AvgIpc) is 2.94. The Balaban J connectivity index is 1.66. The summed E-state index contributed by atoms with van der Waals surface area (Å²) >= 11 is 0. The van der Waals surface area contributed by atoms with Gasteiger partial charge in [0.1, 0.15) is 6.54 Å². The van der Waals surface area contributed by atoms with Crippen LogP contribution in [0, 0.1) is 6.92 Å². The molecule has 0 bridgehead atoms. The SMILES string of the molecule is Cc1cn(CC(=O)N[C@H]2CCCN3CCC[C@@H]23)c(=O)[nH]c1=O. The Labute approximate surface area is 128 Å². The molecule has 3 heterocycles. The molecule has 2 atom stereocenters. The standard InChI is InChI=1S/C15H22N4O3/c1-10-8-19(15(22)17-14(10)21)9-13(20)16-11-4-2-6-18-7-3-5-12(11)18/h8,11-12H,2-7,9H2,1H3,(H,16,20)(H,17,21,22)/t11-,12-/m0/s1. The van der Waals surface area contributed by atoms with Crippen LogP contribution >= 0.6 is 0 Å². The number of hydrogen-bond donors (Lipinski definition) is 2. The zero-order valence-electron chi connectivity index (χ0n) is 12.8. The van der Waals surface area contributed by atoms with E-state index in [9.17, 15) is 14.4 Å². The number of H-pyrrole nitrogens is 1. The summed E-state index contributed by atoms with van der Waals surface area (Å²) in [6, 6.07) is 0.607. The minimum atomic E-state index is -0.545. The van der Waals surface area contributed by atoms with Gasteiger partial charge in [-0.3, -0.25) is 24.0 Å². The number of carbonyl (C=O) groups excluding carboxylic acids is 1. The van der Waals surface area contributed by atoms with Crippen LogP contribution < -0.4 is 16.6 Å². The quantitative estimate of drug-likeness (QED) is 0.794. The molecule has 2 saturated heterocycles. The molecule has 22 heavy (non-hydrogen) atoms. The summed E-state index contributed by atoms with van der Waals surface area (Å²) in [6.45, 7) is 3.80. The van der Waals surface area contributed by atoms with Crippen LogP contribution in [-0.2, 0) is 11.3 Å². The number of carbonyl (C=O) groups is 1. The molecule has 1 aromatic heterocycles. The van der Waals surface area contributed by atoms with Crippen LogP contribution in [0.4, 0.5) is 0 Å². The highest BCUT2D eigenvalue weighted by atomic mass is 16.2. The zero-order valence-corrected chi connectivity index (χ0v) is 12.8. The lowest BCUT2D eigenvalue weighted by Gasteiger charge is -2.37. The van der Waals surface area contributed by atoms with Gasteiger partial charge in [-0.1, -0.05) is 0 Å². The second-order valence-corrected chi connectivity index (χ2v) is 6.26. The molecule has 0 aliphatic carbocycles. The molecule has 1 amide bonds. The van der Waals surface area contributed by atoms with E-state index < -0.39 is 11.2 Å². The van der Waals surface area contributed by atoms with Gasteiger partial charge in [0.25, 0.3) is 5.56 Å². The predicted molar refractivity (Wildman–Crippen MR) is 81.8 cm³/mol. The number of aromatic nitrogens is 2. The summed E-state index contributed by atoms with van der Waals surface area (Å²) in [4.78, 5) is 40.0. The second kappa shape index (κ2) is 6.08. The largest absolute Gasteiger partial charge is 0.350 e. The van der Waals surface area contributed by atoms with Crippen molar-refractivity contribution in [2.45, 2.75) is 51.2 Å². The summed E-state index contributed by atoms with van der Waals surface area (Å²) < 4.78 is 1.25. The van der Waals surface area contributed by atoms with Crippen molar-refractivity contribution in [2.75, 3.05) is 13.1 Å². The number of hydrogen-bond acceptors (Lipinski definition) is 4. The molecule has 2 aliphatic rings. The zero-order chi connectivity index (χ0) is 15.7. The number of aryl methyl sites for hydroxylation is 1. The Hall–Kier alpha value is -1.89. The monoisotopic (exact) mass is 306 g/mol. The summed E-state index contributed by atoms with van der Waals surface area (Å²) in [7, 11) is 0. The summed E-state index contributed by atoms with van der Waals surface area (Å²) in [5.74, 6) is -0.174. The molecule has 2 aliphatic heterocycles. The molecule has 0 saturated carbocycles. The first-order valence-electron chi connectivity index (χ1n) is 7.88. The molecule has 120 valence electrons. The Morgan fingerprint density at radius 2 is 2.05 bits per heavy atom. The lowest BCUT2D eigenvalue weighted by atomic mass is 9.96. The van der Waals surface area contributed by atoms with E-state index in [2.05, 4.69) is 15.2 Å². The maximum atomic E-state index is 12.2. The van der Waals surface area contributed by atoms with Crippen LogP contribution in [-0.4, -0.2) is 45.5 Å². The van der Waals surface area contributed by atoms with E-state index in [0.717, 1.165) is 32.4 Å². The van der Waals surface area contributed by atoms with Crippen molar-refractivity contribution in [2.24, 2.45) is 0 Å². The highest BCUT2D eigenvalue weighted by Crippen LogP contribution is 2.26. The van der Waals surface area contributed by atoms with E-state index in [1.807, 2.05) is 0 Å². The van der Waals surface area contributed by atoms with Crippen molar-refractivity contribution >= 4 is 5.91 Å². The third kappa shape index (κ3) is 2.99. The van der Waals surface area contributed by atoms with E-state index >= 15 is 0 Å². The van der Waals surface area contributed by atoms with E-state index in [-0.39, 0.29) is 18.5 Å². The van der Waals surface area contributed by atoms with Crippen molar-refractivity contribution in [1.29, 1.82) is 0 Å². The molecular weight excluding hydrogens is 284 g/mol. The van der Waals surface area contributed by atoms with E-state index in [0.29, 0.717) is 11.6 Å². The maximum Gasteiger partial charge on any atom is 0.328 e.